The number of likely N-dealkylation sites (tertiary alicyclic amines) is 1. The molecule has 1 aliphatic carbocycles. The second kappa shape index (κ2) is 21.1. The van der Waals surface area contributed by atoms with Crippen molar-refractivity contribution in [1.82, 2.24) is 15.2 Å². The molecular formula is C48H59N3O8. The van der Waals surface area contributed by atoms with Gasteiger partial charge in [-0.2, -0.15) is 0 Å². The number of rotatable bonds is 19. The highest BCUT2D eigenvalue weighted by atomic mass is 16.5. The second-order valence-electron chi connectivity index (χ2n) is 16.6. The van der Waals surface area contributed by atoms with Crippen LogP contribution in [0.2, 0.25) is 0 Å². The Balaban J connectivity index is 1.11. The van der Waals surface area contributed by atoms with Crippen molar-refractivity contribution < 1.29 is 37.8 Å². The molecule has 0 spiro atoms. The third kappa shape index (κ3) is 12.4. The van der Waals surface area contributed by atoms with E-state index in [1.54, 1.807) is 60.8 Å². The maximum atomic E-state index is 13.3. The molecule has 1 N–H and O–H groups in total. The number of hydrogen-bond acceptors (Lipinski definition) is 10. The van der Waals surface area contributed by atoms with Gasteiger partial charge in [0.05, 0.1) is 35.8 Å². The summed E-state index contributed by atoms with van der Waals surface area (Å²) >= 11 is 0. The Morgan fingerprint density at radius 1 is 0.831 bits per heavy atom. The Hall–Kier alpha value is -5.29. The van der Waals surface area contributed by atoms with E-state index >= 15 is 0 Å². The van der Waals surface area contributed by atoms with E-state index in [2.05, 4.69) is 15.2 Å². The first kappa shape index (κ1) is 43.3. The largest absolute Gasteiger partial charge is 0.469 e. The first-order valence-electron chi connectivity index (χ1n) is 21.2. The molecule has 314 valence electrons. The Bertz CT molecular complexity index is 1890. The highest BCUT2D eigenvalue weighted by Gasteiger charge is 2.40. The van der Waals surface area contributed by atoms with Crippen molar-refractivity contribution in [2.45, 2.75) is 96.4 Å². The summed E-state index contributed by atoms with van der Waals surface area (Å²) in [5.74, 6) is -1.10. The van der Waals surface area contributed by atoms with Crippen molar-refractivity contribution in [1.29, 1.82) is 0 Å². The van der Waals surface area contributed by atoms with Crippen LogP contribution in [0.15, 0.2) is 95.7 Å². The maximum Gasteiger partial charge on any atom is 0.338 e. The number of esters is 3. The van der Waals surface area contributed by atoms with Gasteiger partial charge in [-0.3, -0.25) is 14.6 Å². The average Bonchev–Trinajstić information content (AvgIpc) is 3.78. The molecule has 0 unspecified atom stereocenters. The summed E-state index contributed by atoms with van der Waals surface area (Å²) in [7, 11) is 1.38. The van der Waals surface area contributed by atoms with Crippen LogP contribution in [0.5, 0.6) is 0 Å². The van der Waals surface area contributed by atoms with Crippen LogP contribution in [-0.2, 0) is 19.0 Å². The van der Waals surface area contributed by atoms with E-state index in [0.29, 0.717) is 41.6 Å². The lowest BCUT2D eigenvalue weighted by atomic mass is 9.65. The van der Waals surface area contributed by atoms with Gasteiger partial charge < -0.3 is 28.8 Å². The van der Waals surface area contributed by atoms with Crippen LogP contribution in [-0.4, -0.2) is 79.7 Å². The fourth-order valence-corrected chi connectivity index (χ4v) is 8.64. The predicted octanol–water partition coefficient (Wildman–Crippen LogP) is 9.01. The monoisotopic (exact) mass is 805 g/mol. The smallest absolute Gasteiger partial charge is 0.338 e. The summed E-state index contributed by atoms with van der Waals surface area (Å²) in [5, 5.41) is 3.21. The molecule has 0 atom stereocenters. The molecule has 4 aromatic rings. The van der Waals surface area contributed by atoms with Crippen molar-refractivity contribution in [3.63, 3.8) is 0 Å². The van der Waals surface area contributed by atoms with Crippen LogP contribution in [0.4, 0.5) is 0 Å². The summed E-state index contributed by atoms with van der Waals surface area (Å²) in [6.07, 6.45) is 14.5. The van der Waals surface area contributed by atoms with Gasteiger partial charge in [-0.1, -0.05) is 61.7 Å². The summed E-state index contributed by atoms with van der Waals surface area (Å²) in [6, 6.07) is 23.5. The molecule has 2 aliphatic rings. The lowest BCUT2D eigenvalue weighted by Gasteiger charge is -2.43. The molecular weight excluding hydrogens is 747 g/mol. The summed E-state index contributed by atoms with van der Waals surface area (Å²) in [4.78, 5) is 59.2. The number of methoxy groups -OCH3 is 1. The minimum absolute atomic E-state index is 0.0501. The van der Waals surface area contributed by atoms with E-state index in [9.17, 15) is 19.2 Å². The van der Waals surface area contributed by atoms with E-state index in [-0.39, 0.29) is 48.7 Å². The Labute approximate surface area is 348 Å². The van der Waals surface area contributed by atoms with Gasteiger partial charge in [-0.25, -0.2) is 9.59 Å². The number of pyridine rings is 1. The van der Waals surface area contributed by atoms with E-state index in [4.69, 9.17) is 18.6 Å². The topological polar surface area (TPSA) is 137 Å². The number of furan rings is 1. The number of benzene rings is 2. The zero-order valence-electron chi connectivity index (χ0n) is 34.6. The van der Waals surface area contributed by atoms with Crippen LogP contribution in [0.25, 0.3) is 11.3 Å². The highest BCUT2D eigenvalue weighted by molar-refractivity contribution is 5.98. The average molecular weight is 806 g/mol. The molecule has 59 heavy (non-hydrogen) atoms. The number of aromatic nitrogens is 1. The molecule has 11 nitrogen and oxygen atoms in total. The Morgan fingerprint density at radius 3 is 2.07 bits per heavy atom. The molecule has 1 saturated carbocycles. The number of aryl methyl sites for hydroxylation is 1. The standard InChI is InChI=1S/C48H59N3O8/c1-36-18-19-41(49-33-36)40-22-32-57-43(40)44(53)50-39-20-29-51(30-21-39)31-28-47(23-10-5-11-24-47)26-27-48(25-12-17-42(52)56-2,34-58-45(54)37-13-6-3-7-14-37)35-59-46(55)38-15-8-4-9-16-38/h3-4,6-9,13-16,18-19,22,32-33,39H,5,10-12,17,20-21,23-31,34-35H2,1-2H3,(H,50,53). The molecule has 6 rings (SSSR count). The molecule has 1 saturated heterocycles. The predicted molar refractivity (Wildman–Crippen MR) is 225 cm³/mol. The number of hydrogen-bond donors (Lipinski definition) is 1. The van der Waals surface area contributed by atoms with Gasteiger partial charge in [0.1, 0.15) is 13.2 Å². The fourth-order valence-electron chi connectivity index (χ4n) is 8.64. The maximum absolute atomic E-state index is 13.3. The van der Waals surface area contributed by atoms with E-state index < -0.39 is 17.4 Å². The lowest BCUT2D eigenvalue weighted by Crippen LogP contribution is -2.45. The second-order valence-corrected chi connectivity index (χ2v) is 16.6. The molecule has 2 aromatic carbocycles. The summed E-state index contributed by atoms with van der Waals surface area (Å²) < 4.78 is 22.7. The number of nitrogens with zero attached hydrogens (tertiary/aromatic N) is 2. The fraction of sp³-hybridized carbons (Fsp3) is 0.479. The van der Waals surface area contributed by atoms with Gasteiger partial charge in [0, 0.05) is 37.2 Å². The molecule has 2 fully saturated rings. The quantitative estimate of drug-likeness (QED) is 0.0722. The summed E-state index contributed by atoms with van der Waals surface area (Å²) in [5.41, 5.74) is 2.71. The number of amides is 1. The number of piperidine rings is 1. The van der Waals surface area contributed by atoms with Gasteiger partial charge in [0.2, 0.25) is 5.76 Å². The minimum atomic E-state index is -0.715. The Morgan fingerprint density at radius 2 is 1.47 bits per heavy atom. The minimum Gasteiger partial charge on any atom is -0.469 e. The summed E-state index contributed by atoms with van der Waals surface area (Å²) in [6.45, 7) is 4.80. The van der Waals surface area contributed by atoms with Crippen LogP contribution in [0.1, 0.15) is 120 Å². The van der Waals surface area contributed by atoms with Crippen molar-refractivity contribution in [3.05, 3.63) is 114 Å². The number of nitrogens with one attached hydrogen (secondary N) is 1. The lowest BCUT2D eigenvalue weighted by molar-refractivity contribution is -0.141. The molecule has 11 heteroatoms. The van der Waals surface area contributed by atoms with Crippen LogP contribution in [0.3, 0.4) is 0 Å². The molecule has 2 aromatic heterocycles. The van der Waals surface area contributed by atoms with Crippen molar-refractivity contribution in [2.75, 3.05) is 40.0 Å². The zero-order chi connectivity index (χ0) is 41.5. The normalized spacial score (nSPS) is 15.9. The molecule has 3 heterocycles. The van der Waals surface area contributed by atoms with Crippen molar-refractivity contribution >= 4 is 23.8 Å². The molecule has 0 bridgehead atoms. The third-order valence-corrected chi connectivity index (χ3v) is 12.4. The third-order valence-electron chi connectivity index (χ3n) is 12.4. The van der Waals surface area contributed by atoms with E-state index in [0.717, 1.165) is 76.6 Å². The van der Waals surface area contributed by atoms with Crippen LogP contribution < -0.4 is 5.32 Å². The van der Waals surface area contributed by atoms with Crippen molar-refractivity contribution in [3.8, 4) is 11.3 Å². The number of ether oxygens (including phenoxy) is 3. The van der Waals surface area contributed by atoms with E-state index in [1.165, 1.54) is 19.8 Å². The molecule has 1 aliphatic heterocycles. The van der Waals surface area contributed by atoms with E-state index in [1.807, 2.05) is 31.2 Å². The van der Waals surface area contributed by atoms with Gasteiger partial charge >= 0.3 is 17.9 Å². The first-order chi connectivity index (χ1) is 28.7. The molecule has 0 radical (unpaired) electrons. The number of carbonyl (C=O) groups excluding carboxylic acids is 4. The van der Waals surface area contributed by atoms with Crippen molar-refractivity contribution in [2.24, 2.45) is 10.8 Å². The zero-order valence-corrected chi connectivity index (χ0v) is 34.6. The number of carbonyl (C=O) groups is 4. The Kier molecular flexibility index (Phi) is 15.5. The molecule has 1 amide bonds. The van der Waals surface area contributed by atoms with Crippen LogP contribution in [0, 0.1) is 17.8 Å². The SMILES string of the molecule is COC(=O)CCCC(CCC1(CCN2CCC(NC(=O)c3occc3-c3ccc(C)cn3)CC2)CCCCC1)(COC(=O)c1ccccc1)COC(=O)c1ccccc1. The highest BCUT2D eigenvalue weighted by Crippen LogP contribution is 2.47. The van der Waals surface area contributed by atoms with Gasteiger partial charge in [-0.05, 0) is 119 Å². The first-order valence-corrected chi connectivity index (χ1v) is 21.2. The van der Waals surface area contributed by atoms with Gasteiger partial charge in [-0.15, -0.1) is 0 Å². The van der Waals surface area contributed by atoms with Gasteiger partial charge in [0.15, 0.2) is 0 Å². The van der Waals surface area contributed by atoms with Crippen LogP contribution >= 0.6 is 0 Å². The van der Waals surface area contributed by atoms with Gasteiger partial charge in [0.25, 0.3) is 5.91 Å².